The molecule has 0 aliphatic carbocycles. The lowest BCUT2D eigenvalue weighted by Crippen LogP contribution is -2.24. The maximum absolute atomic E-state index is 5.84. The van der Waals surface area contributed by atoms with Crippen LogP contribution in [0.5, 0.6) is 23.0 Å². The van der Waals surface area contributed by atoms with Crippen LogP contribution in [-0.2, 0) is 6.61 Å². The summed E-state index contributed by atoms with van der Waals surface area (Å²) in [7, 11) is 1.61. The highest BCUT2D eigenvalue weighted by Crippen LogP contribution is 2.35. The van der Waals surface area contributed by atoms with Gasteiger partial charge in [-0.2, -0.15) is 5.10 Å². The van der Waals surface area contributed by atoms with E-state index in [1.807, 2.05) is 30.3 Å². The SMILES string of the molecule is COc1ccc(/C=N\NC(N)=S)cc1COc1ccc2c(c1)OCO2. The first-order chi connectivity index (χ1) is 12.2. The van der Waals surface area contributed by atoms with Gasteiger partial charge in [0.1, 0.15) is 18.1 Å². The van der Waals surface area contributed by atoms with Crippen molar-refractivity contribution in [2.45, 2.75) is 6.61 Å². The molecule has 0 aromatic heterocycles. The Kier molecular flexibility index (Phi) is 5.20. The number of methoxy groups -OCH3 is 1. The lowest BCUT2D eigenvalue weighted by atomic mass is 10.1. The summed E-state index contributed by atoms with van der Waals surface area (Å²) in [4.78, 5) is 0. The number of fused-ring (bicyclic) bond motifs is 1. The minimum atomic E-state index is 0.108. The van der Waals surface area contributed by atoms with Gasteiger partial charge in [0, 0.05) is 11.6 Å². The zero-order chi connectivity index (χ0) is 17.6. The van der Waals surface area contributed by atoms with Crippen LogP contribution in [-0.4, -0.2) is 25.2 Å². The molecule has 3 rings (SSSR count). The zero-order valence-electron chi connectivity index (χ0n) is 13.5. The molecule has 1 heterocycles. The fourth-order valence-corrected chi connectivity index (χ4v) is 2.34. The van der Waals surface area contributed by atoms with Crippen molar-refractivity contribution in [1.82, 2.24) is 5.43 Å². The Hall–Kier alpha value is -3.00. The molecule has 0 saturated carbocycles. The predicted octanol–water partition coefficient (Wildman–Crippen LogP) is 2.17. The molecule has 0 saturated heterocycles. The van der Waals surface area contributed by atoms with Gasteiger partial charge in [0.05, 0.1) is 13.3 Å². The Morgan fingerprint density at radius 1 is 1.28 bits per heavy atom. The van der Waals surface area contributed by atoms with E-state index in [9.17, 15) is 0 Å². The summed E-state index contributed by atoms with van der Waals surface area (Å²) in [5.74, 6) is 2.79. The first-order valence-electron chi connectivity index (χ1n) is 7.43. The molecule has 0 spiro atoms. The van der Waals surface area contributed by atoms with Gasteiger partial charge in [0.25, 0.3) is 0 Å². The molecule has 0 bridgehead atoms. The van der Waals surface area contributed by atoms with Crippen molar-refractivity contribution in [3.63, 3.8) is 0 Å². The van der Waals surface area contributed by atoms with Crippen LogP contribution < -0.4 is 30.1 Å². The van der Waals surface area contributed by atoms with Crippen LogP contribution in [0.1, 0.15) is 11.1 Å². The fourth-order valence-electron chi connectivity index (χ4n) is 2.29. The third-order valence-electron chi connectivity index (χ3n) is 3.43. The number of thiocarbonyl (C=S) groups is 1. The molecule has 0 radical (unpaired) electrons. The number of hydrogen-bond donors (Lipinski definition) is 2. The van der Waals surface area contributed by atoms with Crippen molar-refractivity contribution in [2.24, 2.45) is 10.8 Å². The highest BCUT2D eigenvalue weighted by Gasteiger charge is 2.14. The maximum atomic E-state index is 5.84. The minimum absolute atomic E-state index is 0.108. The van der Waals surface area contributed by atoms with Gasteiger partial charge in [-0.1, -0.05) is 0 Å². The van der Waals surface area contributed by atoms with Gasteiger partial charge in [-0.25, -0.2) is 0 Å². The van der Waals surface area contributed by atoms with Gasteiger partial charge in [0.2, 0.25) is 6.79 Å². The van der Waals surface area contributed by atoms with Gasteiger partial charge < -0.3 is 24.7 Å². The van der Waals surface area contributed by atoms with Crippen LogP contribution in [0, 0.1) is 0 Å². The molecule has 25 heavy (non-hydrogen) atoms. The zero-order valence-corrected chi connectivity index (χ0v) is 14.3. The van der Waals surface area contributed by atoms with E-state index in [-0.39, 0.29) is 11.9 Å². The van der Waals surface area contributed by atoms with Crippen LogP contribution >= 0.6 is 12.2 Å². The monoisotopic (exact) mass is 359 g/mol. The number of nitrogens with zero attached hydrogens (tertiary/aromatic N) is 1. The lowest BCUT2D eigenvalue weighted by Gasteiger charge is -2.11. The molecular weight excluding hydrogens is 342 g/mol. The van der Waals surface area contributed by atoms with Crippen molar-refractivity contribution in [3.05, 3.63) is 47.5 Å². The smallest absolute Gasteiger partial charge is 0.231 e. The van der Waals surface area contributed by atoms with Gasteiger partial charge in [-0.05, 0) is 48.1 Å². The largest absolute Gasteiger partial charge is 0.496 e. The quantitative estimate of drug-likeness (QED) is 0.464. The molecule has 0 fully saturated rings. The molecule has 7 nitrogen and oxygen atoms in total. The van der Waals surface area contributed by atoms with Crippen LogP contribution in [0.3, 0.4) is 0 Å². The van der Waals surface area contributed by atoms with Gasteiger partial charge in [-0.15, -0.1) is 0 Å². The van der Waals surface area contributed by atoms with E-state index in [1.54, 1.807) is 19.4 Å². The number of hydrogen-bond acceptors (Lipinski definition) is 6. The minimum Gasteiger partial charge on any atom is -0.496 e. The highest BCUT2D eigenvalue weighted by molar-refractivity contribution is 7.80. The van der Waals surface area contributed by atoms with E-state index in [2.05, 4.69) is 10.5 Å². The van der Waals surface area contributed by atoms with E-state index in [0.717, 1.165) is 16.9 Å². The van der Waals surface area contributed by atoms with Gasteiger partial charge in [0.15, 0.2) is 16.6 Å². The lowest BCUT2D eigenvalue weighted by molar-refractivity contribution is 0.173. The molecule has 0 amide bonds. The van der Waals surface area contributed by atoms with Gasteiger partial charge in [-0.3, -0.25) is 5.43 Å². The maximum Gasteiger partial charge on any atom is 0.231 e. The summed E-state index contributed by atoms with van der Waals surface area (Å²) in [6.07, 6.45) is 1.61. The molecule has 130 valence electrons. The molecular formula is C17H17N3O4S. The third-order valence-corrected chi connectivity index (χ3v) is 3.52. The van der Waals surface area contributed by atoms with Crippen LogP contribution in [0.4, 0.5) is 0 Å². The predicted molar refractivity (Wildman–Crippen MR) is 97.4 cm³/mol. The average Bonchev–Trinajstić information content (AvgIpc) is 3.07. The van der Waals surface area contributed by atoms with Crippen LogP contribution in [0.15, 0.2) is 41.5 Å². The summed E-state index contributed by atoms with van der Waals surface area (Å²) in [6, 6.07) is 11.1. The van der Waals surface area contributed by atoms with Crippen molar-refractivity contribution in [2.75, 3.05) is 13.9 Å². The molecule has 2 aromatic rings. The normalized spacial score (nSPS) is 12.2. The number of nitrogens with two attached hydrogens (primary N) is 1. The number of benzene rings is 2. The van der Waals surface area contributed by atoms with Crippen LogP contribution in [0.25, 0.3) is 0 Å². The van der Waals surface area contributed by atoms with Crippen molar-refractivity contribution in [3.8, 4) is 23.0 Å². The molecule has 0 unspecified atom stereocenters. The second kappa shape index (κ2) is 7.71. The van der Waals surface area contributed by atoms with Gasteiger partial charge >= 0.3 is 0 Å². The molecule has 8 heteroatoms. The topological polar surface area (TPSA) is 87.3 Å². The van der Waals surface area contributed by atoms with E-state index in [1.165, 1.54) is 0 Å². The number of ether oxygens (including phenoxy) is 4. The summed E-state index contributed by atoms with van der Waals surface area (Å²) in [5.41, 5.74) is 9.57. The highest BCUT2D eigenvalue weighted by atomic mass is 32.1. The molecule has 3 N–H and O–H groups in total. The Morgan fingerprint density at radius 3 is 2.92 bits per heavy atom. The average molecular weight is 359 g/mol. The summed E-state index contributed by atoms with van der Waals surface area (Å²) >= 11 is 4.70. The summed E-state index contributed by atoms with van der Waals surface area (Å²) < 4.78 is 21.9. The van der Waals surface area contributed by atoms with E-state index in [4.69, 9.17) is 36.9 Å². The Morgan fingerprint density at radius 2 is 2.12 bits per heavy atom. The summed E-state index contributed by atoms with van der Waals surface area (Å²) in [6.45, 7) is 0.557. The summed E-state index contributed by atoms with van der Waals surface area (Å²) in [5, 5.41) is 4.05. The first-order valence-corrected chi connectivity index (χ1v) is 7.84. The van der Waals surface area contributed by atoms with E-state index < -0.39 is 0 Å². The second-order valence-electron chi connectivity index (χ2n) is 5.11. The Balaban J connectivity index is 1.71. The third kappa shape index (κ3) is 4.30. The second-order valence-corrected chi connectivity index (χ2v) is 5.55. The number of hydrazone groups is 1. The van der Waals surface area contributed by atoms with Crippen molar-refractivity contribution < 1.29 is 18.9 Å². The Labute approximate surface area is 150 Å². The first kappa shape index (κ1) is 16.8. The van der Waals surface area contributed by atoms with Crippen molar-refractivity contribution in [1.29, 1.82) is 0 Å². The standard InChI is InChI=1S/C17H17N3O4S/c1-21-14-4-2-11(8-19-20-17(18)25)6-12(14)9-22-13-3-5-15-16(7-13)24-10-23-15/h2-8H,9-10H2,1H3,(H3,18,20,25)/b19-8-. The Bertz CT molecular complexity index is 810. The number of rotatable bonds is 6. The molecule has 1 aliphatic heterocycles. The molecule has 1 aliphatic rings. The molecule has 0 atom stereocenters. The fraction of sp³-hybridized carbons (Fsp3) is 0.176. The molecule has 2 aromatic carbocycles. The van der Waals surface area contributed by atoms with E-state index >= 15 is 0 Å². The van der Waals surface area contributed by atoms with E-state index in [0.29, 0.717) is 23.9 Å². The number of nitrogens with one attached hydrogen (secondary N) is 1. The van der Waals surface area contributed by atoms with Crippen molar-refractivity contribution >= 4 is 23.5 Å². The van der Waals surface area contributed by atoms with Crippen LogP contribution in [0.2, 0.25) is 0 Å².